The van der Waals surface area contributed by atoms with Crippen LogP contribution in [-0.4, -0.2) is 20.8 Å². The van der Waals surface area contributed by atoms with Crippen LogP contribution in [0.2, 0.25) is 0 Å². The summed E-state index contributed by atoms with van der Waals surface area (Å²) >= 11 is 0. The van der Waals surface area contributed by atoms with E-state index in [1.165, 1.54) is 26.4 Å². The molecule has 0 unspecified atom stereocenters. The third kappa shape index (κ3) is 3.41. The Bertz CT molecular complexity index is 349. The first kappa shape index (κ1) is 15.9. The maximum Gasteiger partial charge on any atom is 0.194 e. The van der Waals surface area contributed by atoms with Gasteiger partial charge in [0.1, 0.15) is 11.6 Å². The lowest BCUT2D eigenvalue weighted by Crippen LogP contribution is -2.27. The number of hydrogen-bond acceptors (Lipinski definition) is 3. The van der Waals surface area contributed by atoms with Gasteiger partial charge in [0.05, 0.1) is 12.2 Å². The number of methoxy groups -OCH3 is 2. The number of benzene rings is 1. The summed E-state index contributed by atoms with van der Waals surface area (Å²) in [6.07, 6.45) is 0. The van der Waals surface area contributed by atoms with Gasteiger partial charge in [0.15, 0.2) is 5.79 Å². The quantitative estimate of drug-likeness (QED) is 0.744. The van der Waals surface area contributed by atoms with Gasteiger partial charge >= 0.3 is 0 Å². The SMILES string of the molecule is C.CCOc1cc(F)ccc1C(C)(OC)OC. The number of rotatable bonds is 5. The molecule has 0 fully saturated rings. The molecular formula is C13H21FO3. The van der Waals surface area contributed by atoms with Crippen LogP contribution in [0.4, 0.5) is 4.39 Å². The molecule has 1 aromatic carbocycles. The molecule has 0 heterocycles. The van der Waals surface area contributed by atoms with Crippen molar-refractivity contribution >= 4 is 0 Å². The van der Waals surface area contributed by atoms with Crippen LogP contribution < -0.4 is 4.74 Å². The zero-order valence-corrected chi connectivity index (χ0v) is 10.0. The number of hydrogen-bond donors (Lipinski definition) is 0. The van der Waals surface area contributed by atoms with Crippen LogP contribution >= 0.6 is 0 Å². The molecule has 0 radical (unpaired) electrons. The molecule has 0 aliphatic carbocycles. The molecule has 0 N–H and O–H groups in total. The molecule has 0 saturated heterocycles. The summed E-state index contributed by atoms with van der Waals surface area (Å²) in [5.74, 6) is -0.839. The Morgan fingerprint density at radius 1 is 1.24 bits per heavy atom. The summed E-state index contributed by atoms with van der Waals surface area (Å²) in [6.45, 7) is 4.05. The minimum Gasteiger partial charge on any atom is -0.493 e. The fraction of sp³-hybridized carbons (Fsp3) is 0.538. The molecule has 0 saturated carbocycles. The van der Waals surface area contributed by atoms with Crippen molar-refractivity contribution in [1.29, 1.82) is 0 Å². The third-order valence-corrected chi connectivity index (χ3v) is 2.51. The van der Waals surface area contributed by atoms with E-state index >= 15 is 0 Å². The maximum atomic E-state index is 13.1. The van der Waals surface area contributed by atoms with Gasteiger partial charge < -0.3 is 14.2 Å². The highest BCUT2D eigenvalue weighted by Gasteiger charge is 2.29. The summed E-state index contributed by atoms with van der Waals surface area (Å²) in [7, 11) is 3.06. The normalized spacial score (nSPS) is 10.9. The summed E-state index contributed by atoms with van der Waals surface area (Å²) in [5.41, 5.74) is 0.667. The molecule has 98 valence electrons. The lowest BCUT2D eigenvalue weighted by Gasteiger charge is -2.28. The Morgan fingerprint density at radius 3 is 2.29 bits per heavy atom. The van der Waals surface area contributed by atoms with Crippen molar-refractivity contribution in [2.24, 2.45) is 0 Å². The fourth-order valence-corrected chi connectivity index (χ4v) is 1.45. The molecule has 0 aliphatic heterocycles. The average Bonchev–Trinajstić information content (AvgIpc) is 2.29. The van der Waals surface area contributed by atoms with Crippen molar-refractivity contribution in [2.45, 2.75) is 27.1 Å². The Hall–Kier alpha value is -1.13. The smallest absolute Gasteiger partial charge is 0.194 e. The van der Waals surface area contributed by atoms with Gasteiger partial charge in [-0.15, -0.1) is 0 Å². The zero-order valence-electron chi connectivity index (χ0n) is 10.0. The van der Waals surface area contributed by atoms with E-state index < -0.39 is 5.79 Å². The topological polar surface area (TPSA) is 27.7 Å². The third-order valence-electron chi connectivity index (χ3n) is 2.51. The number of halogens is 1. The molecule has 17 heavy (non-hydrogen) atoms. The van der Waals surface area contributed by atoms with Crippen LogP contribution in [-0.2, 0) is 15.3 Å². The molecule has 3 nitrogen and oxygen atoms in total. The Balaban J connectivity index is 0.00000256. The number of ether oxygens (including phenoxy) is 3. The predicted octanol–water partition coefficient (Wildman–Crippen LogP) is 3.33. The molecule has 0 amide bonds. The van der Waals surface area contributed by atoms with Gasteiger partial charge in [-0.25, -0.2) is 4.39 Å². The predicted molar refractivity (Wildman–Crippen MR) is 65.7 cm³/mol. The minimum atomic E-state index is -0.932. The highest BCUT2D eigenvalue weighted by atomic mass is 19.1. The molecule has 0 bridgehead atoms. The van der Waals surface area contributed by atoms with Gasteiger partial charge in [-0.3, -0.25) is 0 Å². The molecule has 0 atom stereocenters. The minimum absolute atomic E-state index is 0. The van der Waals surface area contributed by atoms with Crippen molar-refractivity contribution in [2.75, 3.05) is 20.8 Å². The van der Waals surface area contributed by atoms with E-state index in [9.17, 15) is 4.39 Å². The van der Waals surface area contributed by atoms with Crippen LogP contribution in [0.25, 0.3) is 0 Å². The van der Waals surface area contributed by atoms with E-state index in [-0.39, 0.29) is 13.2 Å². The molecule has 0 spiro atoms. The molecule has 1 rings (SSSR count). The lowest BCUT2D eigenvalue weighted by atomic mass is 10.1. The Kier molecular flexibility index (Phi) is 6.13. The maximum absolute atomic E-state index is 13.1. The zero-order chi connectivity index (χ0) is 12.2. The van der Waals surface area contributed by atoms with Crippen LogP contribution in [0, 0.1) is 5.82 Å². The van der Waals surface area contributed by atoms with Crippen molar-refractivity contribution in [3.8, 4) is 5.75 Å². The summed E-state index contributed by atoms with van der Waals surface area (Å²) in [4.78, 5) is 0. The lowest BCUT2D eigenvalue weighted by molar-refractivity contribution is -0.202. The van der Waals surface area contributed by atoms with Gasteiger partial charge in [0.2, 0.25) is 0 Å². The Morgan fingerprint density at radius 2 is 1.82 bits per heavy atom. The second kappa shape index (κ2) is 6.57. The average molecular weight is 244 g/mol. The van der Waals surface area contributed by atoms with Crippen LogP contribution in [0.15, 0.2) is 18.2 Å². The van der Waals surface area contributed by atoms with Gasteiger partial charge in [-0.1, -0.05) is 7.43 Å². The summed E-state index contributed by atoms with van der Waals surface area (Å²) in [6, 6.07) is 4.29. The molecule has 0 aliphatic rings. The van der Waals surface area contributed by atoms with Crippen LogP contribution in [0.5, 0.6) is 5.75 Å². The molecule has 0 aromatic heterocycles. The first-order valence-electron chi connectivity index (χ1n) is 5.10. The van der Waals surface area contributed by atoms with E-state index in [2.05, 4.69) is 0 Å². The van der Waals surface area contributed by atoms with E-state index in [1.54, 1.807) is 13.0 Å². The summed E-state index contributed by atoms with van der Waals surface area (Å²) in [5, 5.41) is 0. The monoisotopic (exact) mass is 244 g/mol. The fourth-order valence-electron chi connectivity index (χ4n) is 1.45. The second-order valence-electron chi connectivity index (χ2n) is 3.43. The highest BCUT2D eigenvalue weighted by molar-refractivity contribution is 5.37. The van der Waals surface area contributed by atoms with Gasteiger partial charge in [-0.2, -0.15) is 0 Å². The molecule has 1 aromatic rings. The van der Waals surface area contributed by atoms with Crippen molar-refractivity contribution in [3.05, 3.63) is 29.6 Å². The molecule has 4 heteroatoms. The van der Waals surface area contributed by atoms with E-state index in [0.29, 0.717) is 17.9 Å². The van der Waals surface area contributed by atoms with E-state index in [4.69, 9.17) is 14.2 Å². The van der Waals surface area contributed by atoms with Crippen molar-refractivity contribution in [1.82, 2.24) is 0 Å². The van der Waals surface area contributed by atoms with Crippen molar-refractivity contribution < 1.29 is 18.6 Å². The largest absolute Gasteiger partial charge is 0.493 e. The first-order chi connectivity index (χ1) is 7.57. The molecular weight excluding hydrogens is 223 g/mol. The van der Waals surface area contributed by atoms with Gasteiger partial charge in [-0.05, 0) is 26.0 Å². The van der Waals surface area contributed by atoms with Crippen LogP contribution in [0.1, 0.15) is 26.8 Å². The summed E-state index contributed by atoms with van der Waals surface area (Å²) < 4.78 is 29.0. The van der Waals surface area contributed by atoms with Crippen LogP contribution in [0.3, 0.4) is 0 Å². The highest BCUT2D eigenvalue weighted by Crippen LogP contribution is 2.33. The van der Waals surface area contributed by atoms with Gasteiger partial charge in [0.25, 0.3) is 0 Å². The standard InChI is InChI=1S/C12H17FO3.CH4/c1-5-16-11-8-9(13)6-7-10(11)12(2,14-3)15-4;/h6-8H,5H2,1-4H3;1H4. The first-order valence-corrected chi connectivity index (χ1v) is 5.10. The van der Waals surface area contributed by atoms with E-state index in [1.807, 2.05) is 6.92 Å². The van der Waals surface area contributed by atoms with Gasteiger partial charge in [0, 0.05) is 20.3 Å². The Labute approximate surface area is 102 Å². The van der Waals surface area contributed by atoms with Crippen molar-refractivity contribution in [3.63, 3.8) is 0 Å². The second-order valence-corrected chi connectivity index (χ2v) is 3.43. The van der Waals surface area contributed by atoms with E-state index in [0.717, 1.165) is 0 Å².